The van der Waals surface area contributed by atoms with Crippen LogP contribution in [-0.4, -0.2) is 73.5 Å². The molecule has 0 radical (unpaired) electrons. The number of aryl methyl sites for hydroxylation is 1. The van der Waals surface area contributed by atoms with E-state index in [0.717, 1.165) is 17.0 Å². The Labute approximate surface area is 252 Å². The van der Waals surface area contributed by atoms with Gasteiger partial charge in [0.15, 0.2) is 11.6 Å². The fraction of sp³-hybridized carbons (Fsp3) is 0.484. The van der Waals surface area contributed by atoms with Crippen molar-refractivity contribution in [3.05, 3.63) is 66.2 Å². The number of pyridine rings is 1. The molecule has 0 saturated carbocycles. The van der Waals surface area contributed by atoms with E-state index in [1.807, 2.05) is 78.2 Å². The van der Waals surface area contributed by atoms with Gasteiger partial charge in [-0.1, -0.05) is 50.2 Å². The molecule has 2 N–H and O–H groups in total. The monoisotopic (exact) mass is 591 g/mol. The lowest BCUT2D eigenvalue weighted by atomic mass is 10.0. The summed E-state index contributed by atoms with van der Waals surface area (Å²) < 4.78 is 1.83. The molecule has 0 fully saturated rings. The molecule has 0 saturated heterocycles. The van der Waals surface area contributed by atoms with Crippen molar-refractivity contribution in [2.24, 2.45) is 5.92 Å². The SMILES string of the molecule is CSCC[C@@H]1NC(=O)CCCN(C(=O)CCc2ccccn2)CCn2nc(-c3ccccc3)nc2[C@@H](C(C)C)NC1=O. The highest BCUT2D eigenvalue weighted by molar-refractivity contribution is 7.98. The second-order valence-corrected chi connectivity index (χ2v) is 11.8. The summed E-state index contributed by atoms with van der Waals surface area (Å²) in [6.45, 7) is 5.30. The Balaban J connectivity index is 1.65. The number of nitrogens with zero attached hydrogens (tertiary/aromatic N) is 5. The Morgan fingerprint density at radius 1 is 1.05 bits per heavy atom. The first kappa shape index (κ1) is 31.2. The zero-order chi connectivity index (χ0) is 29.9. The first-order chi connectivity index (χ1) is 20.4. The van der Waals surface area contributed by atoms with Crippen LogP contribution in [0.15, 0.2) is 54.7 Å². The summed E-state index contributed by atoms with van der Waals surface area (Å²) in [5.41, 5.74) is 1.74. The van der Waals surface area contributed by atoms with E-state index >= 15 is 0 Å². The topological polar surface area (TPSA) is 122 Å². The molecule has 0 spiro atoms. The lowest BCUT2D eigenvalue weighted by Gasteiger charge is -2.28. The third-order valence-corrected chi connectivity index (χ3v) is 7.97. The van der Waals surface area contributed by atoms with Crippen LogP contribution in [0.3, 0.4) is 0 Å². The van der Waals surface area contributed by atoms with Crippen molar-refractivity contribution >= 4 is 29.5 Å². The highest BCUT2D eigenvalue weighted by Crippen LogP contribution is 2.25. The van der Waals surface area contributed by atoms with Gasteiger partial charge in [0.05, 0.1) is 12.6 Å². The quantitative estimate of drug-likeness (QED) is 0.410. The van der Waals surface area contributed by atoms with E-state index in [1.165, 1.54) is 0 Å². The normalized spacial score (nSPS) is 18.6. The van der Waals surface area contributed by atoms with Crippen LogP contribution in [0.2, 0.25) is 0 Å². The number of carbonyl (C=O) groups excluding carboxylic acids is 3. The van der Waals surface area contributed by atoms with Crippen molar-refractivity contribution in [2.75, 3.05) is 25.1 Å². The molecule has 11 heteroatoms. The van der Waals surface area contributed by atoms with Crippen LogP contribution in [0.1, 0.15) is 57.1 Å². The van der Waals surface area contributed by atoms with Gasteiger partial charge in [-0.15, -0.1) is 0 Å². The molecule has 4 rings (SSSR count). The van der Waals surface area contributed by atoms with Gasteiger partial charge in [-0.25, -0.2) is 9.67 Å². The zero-order valence-corrected chi connectivity index (χ0v) is 25.5. The van der Waals surface area contributed by atoms with E-state index in [0.29, 0.717) is 57.0 Å². The standard InChI is InChI=1S/C31H41N7O3S/c1-22(2)28-30-35-29(23-10-5-4-6-11-23)36-38(30)20-19-37(27(40)15-14-24-12-7-8-17-32-24)18-9-13-26(39)33-25(16-21-42-3)31(41)34-28/h4-8,10-12,17,22,25,28H,9,13-16,18-21H2,1-3H3,(H,33,39)(H,34,41)/t25-,28+/m0/s1. The average Bonchev–Trinajstić information content (AvgIpc) is 3.42. The fourth-order valence-electron chi connectivity index (χ4n) is 4.96. The van der Waals surface area contributed by atoms with E-state index in [9.17, 15) is 14.4 Å². The lowest BCUT2D eigenvalue weighted by molar-refractivity contribution is -0.132. The maximum atomic E-state index is 13.5. The number of aromatic nitrogens is 4. The van der Waals surface area contributed by atoms with Crippen LogP contribution >= 0.6 is 11.8 Å². The minimum absolute atomic E-state index is 0.00133. The number of nitrogens with one attached hydrogen (secondary N) is 2. The van der Waals surface area contributed by atoms with Gasteiger partial charge in [-0.3, -0.25) is 19.4 Å². The molecular formula is C31H41N7O3S. The summed E-state index contributed by atoms with van der Waals surface area (Å²) in [5.74, 6) is 1.52. The molecule has 1 aliphatic heterocycles. The number of carbonyl (C=O) groups is 3. The Morgan fingerprint density at radius 2 is 1.83 bits per heavy atom. The van der Waals surface area contributed by atoms with Gasteiger partial charge in [0, 0.05) is 43.4 Å². The van der Waals surface area contributed by atoms with Crippen molar-refractivity contribution in [1.29, 1.82) is 0 Å². The highest BCUT2D eigenvalue weighted by atomic mass is 32.2. The van der Waals surface area contributed by atoms with Crippen molar-refractivity contribution in [2.45, 2.75) is 64.6 Å². The van der Waals surface area contributed by atoms with E-state index in [1.54, 1.807) is 18.0 Å². The van der Waals surface area contributed by atoms with Crippen LogP contribution in [0.5, 0.6) is 0 Å². The van der Waals surface area contributed by atoms with Gasteiger partial charge in [0.2, 0.25) is 17.7 Å². The minimum Gasteiger partial charge on any atom is -0.344 e. The van der Waals surface area contributed by atoms with Crippen LogP contribution in [0.4, 0.5) is 0 Å². The summed E-state index contributed by atoms with van der Waals surface area (Å²) in [6, 6.07) is 14.3. The predicted molar refractivity (Wildman–Crippen MR) is 164 cm³/mol. The van der Waals surface area contributed by atoms with Gasteiger partial charge in [0.25, 0.3) is 0 Å². The number of fused-ring (bicyclic) bond motifs is 1. The molecule has 1 aliphatic rings. The summed E-state index contributed by atoms with van der Waals surface area (Å²) in [6.07, 6.45) is 5.81. The molecule has 0 aliphatic carbocycles. The van der Waals surface area contributed by atoms with Crippen molar-refractivity contribution in [3.8, 4) is 11.4 Å². The second-order valence-electron chi connectivity index (χ2n) is 10.8. The summed E-state index contributed by atoms with van der Waals surface area (Å²) in [4.78, 5) is 50.9. The van der Waals surface area contributed by atoms with Crippen LogP contribution in [0, 0.1) is 5.92 Å². The fourth-order valence-corrected chi connectivity index (χ4v) is 5.43. The van der Waals surface area contributed by atoms with Gasteiger partial charge in [0.1, 0.15) is 6.04 Å². The Morgan fingerprint density at radius 3 is 2.55 bits per heavy atom. The van der Waals surface area contributed by atoms with Crippen molar-refractivity contribution < 1.29 is 14.4 Å². The molecule has 2 atom stereocenters. The number of benzene rings is 1. The van der Waals surface area contributed by atoms with Crippen LogP contribution in [0.25, 0.3) is 11.4 Å². The van der Waals surface area contributed by atoms with Crippen LogP contribution < -0.4 is 10.6 Å². The Kier molecular flexibility index (Phi) is 11.5. The maximum absolute atomic E-state index is 13.5. The molecule has 10 nitrogen and oxygen atoms in total. The Hall–Kier alpha value is -3.73. The molecule has 42 heavy (non-hydrogen) atoms. The van der Waals surface area contributed by atoms with Gasteiger partial charge < -0.3 is 15.5 Å². The summed E-state index contributed by atoms with van der Waals surface area (Å²) in [5, 5.41) is 11.0. The first-order valence-corrected chi connectivity index (χ1v) is 16.0. The third-order valence-electron chi connectivity index (χ3n) is 7.32. The Bertz CT molecular complexity index is 1320. The average molecular weight is 592 g/mol. The van der Waals surface area contributed by atoms with E-state index < -0.39 is 12.1 Å². The largest absolute Gasteiger partial charge is 0.344 e. The zero-order valence-electron chi connectivity index (χ0n) is 24.7. The molecular weight excluding hydrogens is 550 g/mol. The third kappa shape index (κ3) is 8.64. The lowest BCUT2D eigenvalue weighted by Crippen LogP contribution is -2.49. The molecule has 3 aromatic rings. The number of hydrogen-bond donors (Lipinski definition) is 2. The molecule has 0 unspecified atom stereocenters. The maximum Gasteiger partial charge on any atom is 0.243 e. The smallest absolute Gasteiger partial charge is 0.243 e. The molecule has 3 amide bonds. The first-order valence-electron chi connectivity index (χ1n) is 14.6. The second kappa shape index (κ2) is 15.5. The van der Waals surface area contributed by atoms with Crippen LogP contribution in [-0.2, 0) is 27.3 Å². The summed E-state index contributed by atoms with van der Waals surface area (Å²) >= 11 is 1.63. The molecule has 0 bridgehead atoms. The molecule has 2 aromatic heterocycles. The number of rotatable bonds is 8. The van der Waals surface area contributed by atoms with Gasteiger partial charge in [-0.05, 0) is 49.3 Å². The molecule has 1 aromatic carbocycles. The minimum atomic E-state index is -0.657. The predicted octanol–water partition coefficient (Wildman–Crippen LogP) is 3.65. The van der Waals surface area contributed by atoms with E-state index in [2.05, 4.69) is 15.6 Å². The molecule has 3 heterocycles. The number of thioether (sulfide) groups is 1. The van der Waals surface area contributed by atoms with Crippen molar-refractivity contribution in [3.63, 3.8) is 0 Å². The van der Waals surface area contributed by atoms with E-state index in [4.69, 9.17) is 10.1 Å². The van der Waals surface area contributed by atoms with Crippen molar-refractivity contribution in [1.82, 2.24) is 35.3 Å². The summed E-state index contributed by atoms with van der Waals surface area (Å²) in [7, 11) is 0. The highest BCUT2D eigenvalue weighted by Gasteiger charge is 2.30. The van der Waals surface area contributed by atoms with Gasteiger partial charge in [-0.2, -0.15) is 16.9 Å². The number of amides is 3. The number of hydrogen-bond acceptors (Lipinski definition) is 7. The van der Waals surface area contributed by atoms with Gasteiger partial charge >= 0.3 is 0 Å². The van der Waals surface area contributed by atoms with E-state index in [-0.39, 0.29) is 30.1 Å². The molecule has 224 valence electrons.